The van der Waals surface area contributed by atoms with Gasteiger partial charge in [-0.15, -0.1) is 11.8 Å². The SMILES string of the molecule is CNC(CSc1ccc(C)cc1)C1CC1. The smallest absolute Gasteiger partial charge is 0.0186 e. The molecule has 1 atom stereocenters. The summed E-state index contributed by atoms with van der Waals surface area (Å²) in [6, 6.07) is 9.53. The summed E-state index contributed by atoms with van der Waals surface area (Å²) in [4.78, 5) is 1.39. The van der Waals surface area contributed by atoms with Crippen LogP contribution in [-0.2, 0) is 0 Å². The van der Waals surface area contributed by atoms with Crippen LogP contribution in [-0.4, -0.2) is 18.8 Å². The Morgan fingerprint density at radius 2 is 2.00 bits per heavy atom. The average Bonchev–Trinajstić information content (AvgIpc) is 3.06. The number of aryl methyl sites for hydroxylation is 1. The Hall–Kier alpha value is -0.470. The molecule has 2 heteroatoms. The van der Waals surface area contributed by atoms with Crippen molar-refractivity contribution >= 4 is 11.8 Å². The lowest BCUT2D eigenvalue weighted by molar-refractivity contribution is 0.554. The molecule has 82 valence electrons. The number of nitrogens with one attached hydrogen (secondary N) is 1. The second kappa shape index (κ2) is 5.04. The molecular weight excluding hydrogens is 202 g/mol. The van der Waals surface area contributed by atoms with E-state index in [1.165, 1.54) is 29.1 Å². The van der Waals surface area contributed by atoms with E-state index < -0.39 is 0 Å². The number of thioether (sulfide) groups is 1. The zero-order valence-electron chi connectivity index (χ0n) is 9.49. The van der Waals surface area contributed by atoms with E-state index in [2.05, 4.69) is 43.6 Å². The summed E-state index contributed by atoms with van der Waals surface area (Å²) in [5.74, 6) is 2.14. The summed E-state index contributed by atoms with van der Waals surface area (Å²) in [5, 5.41) is 3.42. The van der Waals surface area contributed by atoms with Crippen molar-refractivity contribution in [2.75, 3.05) is 12.8 Å². The van der Waals surface area contributed by atoms with Crippen LogP contribution in [0.15, 0.2) is 29.2 Å². The quantitative estimate of drug-likeness (QED) is 0.767. The second-order valence-electron chi connectivity index (χ2n) is 4.36. The molecule has 0 bridgehead atoms. The molecule has 0 spiro atoms. The lowest BCUT2D eigenvalue weighted by atomic mass is 10.2. The zero-order valence-corrected chi connectivity index (χ0v) is 10.3. The first kappa shape index (κ1) is 11.0. The molecule has 1 aromatic rings. The highest BCUT2D eigenvalue weighted by Gasteiger charge is 2.29. The van der Waals surface area contributed by atoms with Crippen molar-refractivity contribution < 1.29 is 0 Å². The minimum Gasteiger partial charge on any atom is -0.316 e. The van der Waals surface area contributed by atoms with Gasteiger partial charge in [-0.2, -0.15) is 0 Å². The van der Waals surface area contributed by atoms with Gasteiger partial charge in [0, 0.05) is 16.7 Å². The fourth-order valence-electron chi connectivity index (χ4n) is 1.77. The Balaban J connectivity index is 1.83. The number of rotatable bonds is 5. The van der Waals surface area contributed by atoms with Crippen LogP contribution in [0.3, 0.4) is 0 Å². The van der Waals surface area contributed by atoms with Gasteiger partial charge in [0.2, 0.25) is 0 Å². The first-order valence-corrected chi connectivity index (χ1v) is 6.65. The molecule has 0 saturated heterocycles. The highest BCUT2D eigenvalue weighted by atomic mass is 32.2. The third kappa shape index (κ3) is 3.25. The highest BCUT2D eigenvalue weighted by molar-refractivity contribution is 7.99. The number of benzene rings is 1. The predicted octanol–water partition coefficient (Wildman–Crippen LogP) is 3.09. The molecule has 15 heavy (non-hydrogen) atoms. The Bertz CT molecular complexity index is 303. The van der Waals surface area contributed by atoms with Crippen molar-refractivity contribution in [1.82, 2.24) is 5.32 Å². The van der Waals surface area contributed by atoms with Gasteiger partial charge in [-0.3, -0.25) is 0 Å². The summed E-state index contributed by atoms with van der Waals surface area (Å²) in [6.07, 6.45) is 2.83. The minimum absolute atomic E-state index is 0.705. The van der Waals surface area contributed by atoms with Crippen LogP contribution in [0, 0.1) is 12.8 Å². The van der Waals surface area contributed by atoms with Gasteiger partial charge in [-0.05, 0) is 44.9 Å². The normalized spacial score (nSPS) is 17.7. The number of hydrogen-bond acceptors (Lipinski definition) is 2. The summed E-state index contributed by atoms with van der Waals surface area (Å²) >= 11 is 1.97. The van der Waals surface area contributed by atoms with E-state index in [1.807, 2.05) is 11.8 Å². The van der Waals surface area contributed by atoms with E-state index in [-0.39, 0.29) is 0 Å². The van der Waals surface area contributed by atoms with Crippen LogP contribution in [0.25, 0.3) is 0 Å². The molecule has 1 saturated carbocycles. The first-order chi connectivity index (χ1) is 7.29. The van der Waals surface area contributed by atoms with Gasteiger partial charge >= 0.3 is 0 Å². The molecule has 1 aliphatic rings. The monoisotopic (exact) mass is 221 g/mol. The van der Waals surface area contributed by atoms with Crippen molar-refractivity contribution in [2.24, 2.45) is 5.92 Å². The Kier molecular flexibility index (Phi) is 3.71. The van der Waals surface area contributed by atoms with Gasteiger partial charge in [-0.1, -0.05) is 17.7 Å². The molecular formula is C13H19NS. The zero-order chi connectivity index (χ0) is 10.7. The molecule has 1 N–H and O–H groups in total. The van der Waals surface area contributed by atoms with Crippen molar-refractivity contribution in [3.05, 3.63) is 29.8 Å². The van der Waals surface area contributed by atoms with E-state index in [0.29, 0.717) is 6.04 Å². The first-order valence-electron chi connectivity index (χ1n) is 5.66. The Morgan fingerprint density at radius 1 is 1.33 bits per heavy atom. The molecule has 0 aromatic heterocycles. The molecule has 1 aromatic carbocycles. The summed E-state index contributed by atoms with van der Waals surface area (Å²) in [5.41, 5.74) is 1.34. The van der Waals surface area contributed by atoms with Crippen LogP contribution >= 0.6 is 11.8 Å². The maximum atomic E-state index is 3.42. The van der Waals surface area contributed by atoms with Gasteiger partial charge in [0.25, 0.3) is 0 Å². The largest absolute Gasteiger partial charge is 0.316 e. The summed E-state index contributed by atoms with van der Waals surface area (Å²) < 4.78 is 0. The Morgan fingerprint density at radius 3 is 2.53 bits per heavy atom. The second-order valence-corrected chi connectivity index (χ2v) is 5.45. The highest BCUT2D eigenvalue weighted by Crippen LogP contribution is 2.34. The lowest BCUT2D eigenvalue weighted by Crippen LogP contribution is -2.29. The Labute approximate surface area is 96.7 Å². The van der Waals surface area contributed by atoms with Gasteiger partial charge < -0.3 is 5.32 Å². The predicted molar refractivity (Wildman–Crippen MR) is 67.5 cm³/mol. The molecule has 0 aliphatic heterocycles. The van der Waals surface area contributed by atoms with Crippen LogP contribution in [0.1, 0.15) is 18.4 Å². The van der Waals surface area contributed by atoms with Crippen LogP contribution in [0.4, 0.5) is 0 Å². The van der Waals surface area contributed by atoms with Gasteiger partial charge in [0.15, 0.2) is 0 Å². The third-order valence-corrected chi connectivity index (χ3v) is 4.14. The van der Waals surface area contributed by atoms with E-state index in [0.717, 1.165) is 5.92 Å². The van der Waals surface area contributed by atoms with Crippen molar-refractivity contribution in [3.63, 3.8) is 0 Å². The van der Waals surface area contributed by atoms with Crippen LogP contribution < -0.4 is 5.32 Å². The molecule has 2 rings (SSSR count). The van der Waals surface area contributed by atoms with Gasteiger partial charge in [0.05, 0.1) is 0 Å². The van der Waals surface area contributed by atoms with Gasteiger partial charge in [0.1, 0.15) is 0 Å². The lowest BCUT2D eigenvalue weighted by Gasteiger charge is -2.14. The molecule has 0 amide bonds. The van der Waals surface area contributed by atoms with Crippen molar-refractivity contribution in [2.45, 2.75) is 30.7 Å². The van der Waals surface area contributed by atoms with Crippen molar-refractivity contribution in [3.8, 4) is 0 Å². The third-order valence-electron chi connectivity index (χ3n) is 3.01. The fraction of sp³-hybridized carbons (Fsp3) is 0.538. The minimum atomic E-state index is 0.705. The topological polar surface area (TPSA) is 12.0 Å². The summed E-state index contributed by atoms with van der Waals surface area (Å²) in [7, 11) is 2.08. The van der Waals surface area contributed by atoms with E-state index in [1.54, 1.807) is 0 Å². The van der Waals surface area contributed by atoms with E-state index in [9.17, 15) is 0 Å². The molecule has 1 unspecified atom stereocenters. The molecule has 0 heterocycles. The average molecular weight is 221 g/mol. The fourth-order valence-corrected chi connectivity index (χ4v) is 2.91. The molecule has 1 nitrogen and oxygen atoms in total. The summed E-state index contributed by atoms with van der Waals surface area (Å²) in [6.45, 7) is 2.13. The van der Waals surface area contributed by atoms with E-state index in [4.69, 9.17) is 0 Å². The standard InChI is InChI=1S/C13H19NS/c1-10-3-7-12(8-4-10)15-9-13(14-2)11-5-6-11/h3-4,7-8,11,13-14H,5-6,9H2,1-2H3. The molecule has 1 aliphatic carbocycles. The van der Waals surface area contributed by atoms with Crippen LogP contribution in [0.5, 0.6) is 0 Å². The molecule has 1 fully saturated rings. The maximum absolute atomic E-state index is 3.42. The van der Waals surface area contributed by atoms with Gasteiger partial charge in [-0.25, -0.2) is 0 Å². The van der Waals surface area contributed by atoms with E-state index >= 15 is 0 Å². The van der Waals surface area contributed by atoms with Crippen molar-refractivity contribution in [1.29, 1.82) is 0 Å². The number of hydrogen-bond donors (Lipinski definition) is 1. The molecule has 0 radical (unpaired) electrons. The maximum Gasteiger partial charge on any atom is 0.0186 e. The van der Waals surface area contributed by atoms with Crippen LogP contribution in [0.2, 0.25) is 0 Å².